The summed E-state index contributed by atoms with van der Waals surface area (Å²) >= 11 is 0. The molecule has 0 spiro atoms. The van der Waals surface area contributed by atoms with E-state index in [1.54, 1.807) is 18.2 Å². The number of hydrogen-bond acceptors (Lipinski definition) is 5. The largest absolute Gasteiger partial charge is 0.489 e. The maximum atomic E-state index is 12.5. The molecule has 3 aromatic rings. The van der Waals surface area contributed by atoms with Crippen LogP contribution in [0.25, 0.3) is 5.69 Å². The number of benzene rings is 2. The van der Waals surface area contributed by atoms with Crippen LogP contribution in [0, 0.1) is 6.92 Å². The molecule has 0 saturated carbocycles. The Morgan fingerprint density at radius 2 is 1.75 bits per heavy atom. The second-order valence-electron chi connectivity index (χ2n) is 6.50. The Morgan fingerprint density at radius 1 is 1.00 bits per heavy atom. The van der Waals surface area contributed by atoms with Crippen molar-refractivity contribution in [1.29, 1.82) is 0 Å². The van der Waals surface area contributed by atoms with Crippen molar-refractivity contribution in [2.45, 2.75) is 13.5 Å². The molecule has 2 heterocycles. The highest BCUT2D eigenvalue weighted by Crippen LogP contribution is 2.26. The molecule has 0 bridgehead atoms. The van der Waals surface area contributed by atoms with E-state index in [-0.39, 0.29) is 16.9 Å². The lowest BCUT2D eigenvalue weighted by Crippen LogP contribution is -2.24. The van der Waals surface area contributed by atoms with Gasteiger partial charge in [-0.2, -0.15) is 0 Å². The third-order valence-corrected chi connectivity index (χ3v) is 4.61. The number of aryl methyl sites for hydroxylation is 1. The lowest BCUT2D eigenvalue weighted by Gasteiger charge is -2.14. The van der Waals surface area contributed by atoms with Gasteiger partial charge in [0.15, 0.2) is 0 Å². The van der Waals surface area contributed by atoms with E-state index in [1.807, 2.05) is 37.3 Å². The zero-order valence-corrected chi connectivity index (χ0v) is 15.1. The zero-order chi connectivity index (χ0) is 19.8. The number of pyridine rings is 1. The second kappa shape index (κ2) is 6.70. The number of rotatable bonds is 4. The molecule has 0 aliphatic carbocycles. The fourth-order valence-electron chi connectivity index (χ4n) is 3.22. The van der Waals surface area contributed by atoms with E-state index in [2.05, 4.69) is 5.32 Å². The molecule has 0 atom stereocenters. The number of imide groups is 1. The van der Waals surface area contributed by atoms with Gasteiger partial charge in [-0.15, -0.1) is 0 Å². The number of ether oxygens (including phenoxy) is 1. The van der Waals surface area contributed by atoms with Crippen molar-refractivity contribution in [2.24, 2.45) is 0 Å². The number of carbonyl (C=O) groups is 2. The van der Waals surface area contributed by atoms with E-state index < -0.39 is 17.4 Å². The van der Waals surface area contributed by atoms with Gasteiger partial charge < -0.3 is 10.5 Å². The molecule has 4 rings (SSSR count). The predicted molar refractivity (Wildman–Crippen MR) is 104 cm³/mol. The van der Waals surface area contributed by atoms with Gasteiger partial charge >= 0.3 is 0 Å². The van der Waals surface area contributed by atoms with Crippen LogP contribution < -0.4 is 21.3 Å². The molecule has 7 nitrogen and oxygen atoms in total. The molecule has 1 aliphatic heterocycles. The quantitative estimate of drug-likeness (QED) is 0.681. The van der Waals surface area contributed by atoms with Crippen LogP contribution in [0.1, 0.15) is 31.8 Å². The van der Waals surface area contributed by atoms with Gasteiger partial charge in [-0.3, -0.25) is 24.3 Å². The molecular formula is C21H17N3O4. The first kappa shape index (κ1) is 17.5. The predicted octanol–water partition coefficient (Wildman–Crippen LogP) is 2.19. The van der Waals surface area contributed by atoms with Crippen molar-refractivity contribution in [2.75, 3.05) is 5.73 Å². The van der Waals surface area contributed by atoms with Crippen LogP contribution >= 0.6 is 0 Å². The summed E-state index contributed by atoms with van der Waals surface area (Å²) < 4.78 is 7.07. The van der Waals surface area contributed by atoms with E-state index in [4.69, 9.17) is 10.5 Å². The highest BCUT2D eigenvalue weighted by atomic mass is 16.5. The fourth-order valence-corrected chi connectivity index (χ4v) is 3.22. The monoisotopic (exact) mass is 375 g/mol. The highest BCUT2D eigenvalue weighted by Gasteiger charge is 2.31. The van der Waals surface area contributed by atoms with Gasteiger partial charge in [-0.05, 0) is 36.2 Å². The third-order valence-electron chi connectivity index (χ3n) is 4.61. The molecule has 0 saturated heterocycles. The Balaban J connectivity index is 1.69. The average Bonchev–Trinajstić information content (AvgIpc) is 2.95. The molecule has 28 heavy (non-hydrogen) atoms. The van der Waals surface area contributed by atoms with Crippen molar-refractivity contribution in [1.82, 2.24) is 9.88 Å². The number of nitrogens with zero attached hydrogens (tertiary/aromatic N) is 1. The molecule has 140 valence electrons. The number of nitrogens with two attached hydrogens (primary N) is 1. The SMILES string of the molecule is Cc1cc(-n2c(N)c3c(cc2=O)C(=O)NC3=O)ccc1OCc1ccccc1. The first-order chi connectivity index (χ1) is 13.5. The van der Waals surface area contributed by atoms with E-state index >= 15 is 0 Å². The maximum absolute atomic E-state index is 12.5. The minimum atomic E-state index is -0.614. The van der Waals surface area contributed by atoms with Crippen molar-refractivity contribution in [3.8, 4) is 11.4 Å². The minimum Gasteiger partial charge on any atom is -0.489 e. The normalized spacial score (nSPS) is 12.6. The van der Waals surface area contributed by atoms with E-state index in [1.165, 1.54) is 4.57 Å². The summed E-state index contributed by atoms with van der Waals surface area (Å²) in [5.74, 6) is -0.612. The summed E-state index contributed by atoms with van der Waals surface area (Å²) in [7, 11) is 0. The molecule has 2 amide bonds. The van der Waals surface area contributed by atoms with Crippen LogP contribution in [-0.4, -0.2) is 16.4 Å². The number of nitrogen functional groups attached to an aromatic ring is 1. The summed E-state index contributed by atoms with van der Waals surface area (Å²) in [6.07, 6.45) is 0. The van der Waals surface area contributed by atoms with Gasteiger partial charge in [0, 0.05) is 6.07 Å². The van der Waals surface area contributed by atoms with Gasteiger partial charge in [0.1, 0.15) is 18.2 Å². The van der Waals surface area contributed by atoms with E-state index in [0.717, 1.165) is 17.2 Å². The number of fused-ring (bicyclic) bond motifs is 1. The summed E-state index contributed by atoms with van der Waals surface area (Å²) in [6, 6.07) is 16.1. The van der Waals surface area contributed by atoms with Gasteiger partial charge in [0.25, 0.3) is 17.4 Å². The van der Waals surface area contributed by atoms with Gasteiger partial charge in [0.2, 0.25) is 0 Å². The lowest BCUT2D eigenvalue weighted by atomic mass is 10.1. The van der Waals surface area contributed by atoms with Crippen LogP contribution in [0.15, 0.2) is 59.4 Å². The summed E-state index contributed by atoms with van der Waals surface area (Å²) in [4.78, 5) is 36.3. The smallest absolute Gasteiger partial charge is 0.262 e. The zero-order valence-electron chi connectivity index (χ0n) is 15.1. The average molecular weight is 375 g/mol. The Hall–Kier alpha value is -3.87. The van der Waals surface area contributed by atoms with E-state index in [9.17, 15) is 14.4 Å². The van der Waals surface area contributed by atoms with Gasteiger partial charge in [0.05, 0.1) is 16.8 Å². The third kappa shape index (κ3) is 2.92. The second-order valence-corrected chi connectivity index (χ2v) is 6.50. The number of aromatic nitrogens is 1. The molecule has 1 aromatic heterocycles. The van der Waals surface area contributed by atoms with Crippen molar-refractivity contribution in [3.05, 3.63) is 87.2 Å². The number of amides is 2. The first-order valence-electron chi connectivity index (χ1n) is 8.64. The van der Waals surface area contributed by atoms with Crippen LogP contribution in [0.5, 0.6) is 5.75 Å². The molecule has 0 unspecified atom stereocenters. The molecule has 0 radical (unpaired) electrons. The maximum Gasteiger partial charge on any atom is 0.262 e. The molecule has 3 N–H and O–H groups in total. The number of anilines is 1. The van der Waals surface area contributed by atoms with Crippen LogP contribution in [0.3, 0.4) is 0 Å². The Kier molecular flexibility index (Phi) is 4.19. The standard InChI is InChI=1S/C21H17N3O4/c1-12-9-14(7-8-16(12)28-11-13-5-3-2-4-6-13)24-17(25)10-15-18(19(24)22)21(27)23-20(15)26/h2-10H,11,22H2,1H3,(H,23,26,27). The topological polar surface area (TPSA) is 103 Å². The minimum absolute atomic E-state index is 0.00304. The van der Waals surface area contributed by atoms with Gasteiger partial charge in [-0.1, -0.05) is 30.3 Å². The molecular weight excluding hydrogens is 358 g/mol. The first-order valence-corrected chi connectivity index (χ1v) is 8.64. The van der Waals surface area contributed by atoms with Crippen LogP contribution in [0.4, 0.5) is 5.82 Å². The summed E-state index contributed by atoms with van der Waals surface area (Å²) in [6.45, 7) is 2.28. The van der Waals surface area contributed by atoms with Crippen LogP contribution in [-0.2, 0) is 6.61 Å². The number of carbonyl (C=O) groups excluding carboxylic acids is 2. The summed E-state index contributed by atoms with van der Waals surface area (Å²) in [5.41, 5.74) is 7.93. The molecule has 2 aromatic carbocycles. The van der Waals surface area contributed by atoms with Crippen molar-refractivity contribution < 1.29 is 14.3 Å². The van der Waals surface area contributed by atoms with Gasteiger partial charge in [-0.25, -0.2) is 0 Å². The molecule has 1 aliphatic rings. The Morgan fingerprint density at radius 3 is 2.46 bits per heavy atom. The van der Waals surface area contributed by atoms with Crippen molar-refractivity contribution in [3.63, 3.8) is 0 Å². The number of hydrogen-bond donors (Lipinski definition) is 2. The Bertz CT molecular complexity index is 1170. The molecule has 7 heteroatoms. The summed E-state index contributed by atoms with van der Waals surface area (Å²) in [5, 5.41) is 2.15. The fraction of sp³-hybridized carbons (Fsp3) is 0.0952. The number of nitrogens with one attached hydrogen (secondary N) is 1. The highest BCUT2D eigenvalue weighted by molar-refractivity contribution is 6.23. The van der Waals surface area contributed by atoms with E-state index in [0.29, 0.717) is 18.0 Å². The van der Waals surface area contributed by atoms with Crippen LogP contribution in [0.2, 0.25) is 0 Å². The van der Waals surface area contributed by atoms with Crippen molar-refractivity contribution >= 4 is 17.6 Å². The molecule has 0 fully saturated rings. The lowest BCUT2D eigenvalue weighted by molar-refractivity contribution is 0.0880. The Labute approximate surface area is 160 Å².